The molecule has 2 N–H and O–H groups in total. The van der Waals surface area contributed by atoms with Crippen molar-refractivity contribution in [2.24, 2.45) is 11.7 Å². The van der Waals surface area contributed by atoms with Crippen molar-refractivity contribution in [3.05, 3.63) is 23.7 Å². The van der Waals surface area contributed by atoms with Crippen LogP contribution in [0.4, 0.5) is 0 Å². The van der Waals surface area contributed by atoms with E-state index in [1.165, 1.54) is 12.8 Å². The van der Waals surface area contributed by atoms with Gasteiger partial charge in [0.15, 0.2) is 0 Å². The largest absolute Gasteiger partial charge is 0.465 e. The van der Waals surface area contributed by atoms with Crippen LogP contribution >= 0.6 is 0 Å². The molecule has 1 aliphatic carbocycles. The molecule has 2 rings (SSSR count). The van der Waals surface area contributed by atoms with E-state index in [4.69, 9.17) is 10.2 Å². The Morgan fingerprint density at radius 2 is 2.18 bits per heavy atom. The molecular formula is C14H24N2O. The summed E-state index contributed by atoms with van der Waals surface area (Å²) in [6, 6.07) is 4.09. The summed E-state index contributed by atoms with van der Waals surface area (Å²) in [5.74, 6) is 2.80. The van der Waals surface area contributed by atoms with E-state index in [9.17, 15) is 0 Å². The third-order valence-corrected chi connectivity index (χ3v) is 4.25. The summed E-state index contributed by atoms with van der Waals surface area (Å²) in [6.45, 7) is 5.83. The molecule has 96 valence electrons. The Balaban J connectivity index is 2.08. The predicted molar refractivity (Wildman–Crippen MR) is 69.7 cm³/mol. The Kier molecular flexibility index (Phi) is 3.59. The fourth-order valence-corrected chi connectivity index (χ4v) is 2.92. The fourth-order valence-electron chi connectivity index (χ4n) is 2.92. The average Bonchev–Trinajstić information content (AvgIpc) is 3.07. The number of hydrogen-bond donors (Lipinski definition) is 1. The van der Waals surface area contributed by atoms with Crippen LogP contribution in [0.3, 0.4) is 0 Å². The van der Waals surface area contributed by atoms with E-state index in [2.05, 4.69) is 24.9 Å². The van der Waals surface area contributed by atoms with Crippen LogP contribution in [0.25, 0.3) is 0 Å². The van der Waals surface area contributed by atoms with E-state index in [1.807, 2.05) is 13.0 Å². The van der Waals surface area contributed by atoms with E-state index >= 15 is 0 Å². The second-order valence-electron chi connectivity index (χ2n) is 5.30. The van der Waals surface area contributed by atoms with Crippen molar-refractivity contribution in [3.63, 3.8) is 0 Å². The number of likely N-dealkylation sites (N-methyl/N-ethyl adjacent to an activating group) is 1. The van der Waals surface area contributed by atoms with Crippen LogP contribution in [-0.4, -0.2) is 24.0 Å². The van der Waals surface area contributed by atoms with Crippen molar-refractivity contribution < 1.29 is 4.42 Å². The van der Waals surface area contributed by atoms with Gasteiger partial charge in [-0.05, 0) is 51.3 Å². The zero-order valence-corrected chi connectivity index (χ0v) is 11.2. The highest BCUT2D eigenvalue weighted by Crippen LogP contribution is 2.44. The van der Waals surface area contributed by atoms with Crippen LogP contribution in [0.2, 0.25) is 0 Å². The van der Waals surface area contributed by atoms with Crippen molar-refractivity contribution in [3.8, 4) is 0 Å². The third kappa shape index (κ3) is 2.40. The lowest BCUT2D eigenvalue weighted by Crippen LogP contribution is -2.53. The molecule has 1 heterocycles. The fraction of sp³-hybridized carbons (Fsp3) is 0.714. The first-order chi connectivity index (χ1) is 8.12. The normalized spacial score (nSPS) is 19.6. The molecule has 0 amide bonds. The summed E-state index contributed by atoms with van der Waals surface area (Å²) in [5, 5.41) is 0. The standard InChI is InChI=1S/C14H24N2O/c1-4-14(10-15,12-6-7-12)16(3)9-13-8-5-11(2)17-13/h5,8,12H,4,6-7,9-10,15H2,1-3H3. The summed E-state index contributed by atoms with van der Waals surface area (Å²) in [7, 11) is 2.17. The molecule has 1 saturated carbocycles. The van der Waals surface area contributed by atoms with Gasteiger partial charge in [-0.15, -0.1) is 0 Å². The van der Waals surface area contributed by atoms with Crippen LogP contribution in [-0.2, 0) is 6.54 Å². The van der Waals surface area contributed by atoms with Crippen LogP contribution in [0.15, 0.2) is 16.5 Å². The van der Waals surface area contributed by atoms with E-state index in [1.54, 1.807) is 0 Å². The lowest BCUT2D eigenvalue weighted by atomic mass is 9.88. The summed E-state index contributed by atoms with van der Waals surface area (Å²) < 4.78 is 5.66. The highest BCUT2D eigenvalue weighted by Gasteiger charge is 2.45. The van der Waals surface area contributed by atoms with E-state index in [0.717, 1.165) is 36.9 Å². The van der Waals surface area contributed by atoms with Gasteiger partial charge in [0.1, 0.15) is 11.5 Å². The van der Waals surface area contributed by atoms with Crippen LogP contribution in [0.5, 0.6) is 0 Å². The molecule has 1 aromatic heterocycles. The minimum atomic E-state index is 0.167. The highest BCUT2D eigenvalue weighted by atomic mass is 16.3. The Labute approximate surface area is 104 Å². The van der Waals surface area contributed by atoms with Gasteiger partial charge in [0.05, 0.1) is 6.54 Å². The molecule has 1 fully saturated rings. The first-order valence-corrected chi connectivity index (χ1v) is 6.59. The molecule has 3 nitrogen and oxygen atoms in total. The van der Waals surface area contributed by atoms with Gasteiger partial charge in [-0.25, -0.2) is 0 Å². The molecule has 0 aromatic carbocycles. The molecule has 0 aliphatic heterocycles. The van der Waals surface area contributed by atoms with Gasteiger partial charge in [0, 0.05) is 12.1 Å². The third-order valence-electron chi connectivity index (χ3n) is 4.25. The van der Waals surface area contributed by atoms with Crippen molar-refractivity contribution >= 4 is 0 Å². The topological polar surface area (TPSA) is 42.4 Å². The van der Waals surface area contributed by atoms with Crippen molar-refractivity contribution in [2.45, 2.75) is 45.2 Å². The predicted octanol–water partition coefficient (Wildman–Crippen LogP) is 2.54. The van der Waals surface area contributed by atoms with Gasteiger partial charge < -0.3 is 10.2 Å². The summed E-state index contributed by atoms with van der Waals surface area (Å²) in [5.41, 5.74) is 6.21. The van der Waals surface area contributed by atoms with Crippen molar-refractivity contribution in [1.82, 2.24) is 4.90 Å². The molecule has 0 bridgehead atoms. The molecule has 1 atom stereocenters. The second kappa shape index (κ2) is 4.83. The van der Waals surface area contributed by atoms with Crippen LogP contribution in [0, 0.1) is 12.8 Å². The minimum Gasteiger partial charge on any atom is -0.465 e. The smallest absolute Gasteiger partial charge is 0.118 e. The number of rotatable bonds is 6. The molecule has 0 radical (unpaired) electrons. The van der Waals surface area contributed by atoms with Gasteiger partial charge >= 0.3 is 0 Å². The van der Waals surface area contributed by atoms with E-state index < -0.39 is 0 Å². The van der Waals surface area contributed by atoms with Crippen molar-refractivity contribution in [2.75, 3.05) is 13.6 Å². The lowest BCUT2D eigenvalue weighted by molar-refractivity contribution is 0.0818. The molecule has 0 saturated heterocycles. The molecule has 17 heavy (non-hydrogen) atoms. The number of furan rings is 1. The zero-order valence-electron chi connectivity index (χ0n) is 11.2. The Morgan fingerprint density at radius 1 is 1.47 bits per heavy atom. The zero-order chi connectivity index (χ0) is 12.5. The summed E-state index contributed by atoms with van der Waals surface area (Å²) in [4.78, 5) is 2.39. The summed E-state index contributed by atoms with van der Waals surface area (Å²) >= 11 is 0. The van der Waals surface area contributed by atoms with Crippen LogP contribution in [0.1, 0.15) is 37.7 Å². The number of aryl methyl sites for hydroxylation is 1. The minimum absolute atomic E-state index is 0.167. The SMILES string of the molecule is CCC(CN)(C1CC1)N(C)Cc1ccc(C)o1. The first-order valence-electron chi connectivity index (χ1n) is 6.59. The van der Waals surface area contributed by atoms with Gasteiger partial charge in [-0.2, -0.15) is 0 Å². The van der Waals surface area contributed by atoms with E-state index in [-0.39, 0.29) is 5.54 Å². The van der Waals surface area contributed by atoms with Gasteiger partial charge in [0.25, 0.3) is 0 Å². The Hall–Kier alpha value is -0.800. The maximum Gasteiger partial charge on any atom is 0.118 e. The molecule has 1 unspecified atom stereocenters. The van der Waals surface area contributed by atoms with Gasteiger partial charge in [0.2, 0.25) is 0 Å². The maximum atomic E-state index is 6.05. The maximum absolute atomic E-state index is 6.05. The van der Waals surface area contributed by atoms with Crippen molar-refractivity contribution in [1.29, 1.82) is 0 Å². The molecule has 0 spiro atoms. The Bertz CT molecular complexity index is 364. The number of nitrogens with two attached hydrogens (primary N) is 1. The van der Waals surface area contributed by atoms with E-state index in [0.29, 0.717) is 0 Å². The monoisotopic (exact) mass is 236 g/mol. The second-order valence-corrected chi connectivity index (χ2v) is 5.30. The number of hydrogen-bond acceptors (Lipinski definition) is 3. The summed E-state index contributed by atoms with van der Waals surface area (Å²) in [6.07, 6.45) is 3.77. The number of nitrogens with zero attached hydrogens (tertiary/aromatic N) is 1. The highest BCUT2D eigenvalue weighted by molar-refractivity contribution is 5.08. The van der Waals surface area contributed by atoms with Crippen LogP contribution < -0.4 is 5.73 Å². The molecule has 3 heteroatoms. The molecular weight excluding hydrogens is 212 g/mol. The average molecular weight is 236 g/mol. The van der Waals surface area contributed by atoms with Gasteiger partial charge in [-0.1, -0.05) is 6.92 Å². The molecule has 1 aliphatic rings. The Morgan fingerprint density at radius 3 is 2.59 bits per heavy atom. The molecule has 1 aromatic rings. The lowest BCUT2D eigenvalue weighted by Gasteiger charge is -2.40. The van der Waals surface area contributed by atoms with Gasteiger partial charge in [-0.3, -0.25) is 4.90 Å². The quantitative estimate of drug-likeness (QED) is 0.825. The first kappa shape index (κ1) is 12.7.